The van der Waals surface area contributed by atoms with Crippen LogP contribution < -0.4 is 4.74 Å². The molecule has 1 fully saturated rings. The zero-order chi connectivity index (χ0) is 15.7. The van der Waals surface area contributed by atoms with Gasteiger partial charge < -0.3 is 14.1 Å². The van der Waals surface area contributed by atoms with Crippen LogP contribution in [0.15, 0.2) is 16.5 Å². The van der Waals surface area contributed by atoms with E-state index in [1.165, 1.54) is 6.07 Å². The Balaban J connectivity index is 1.87. The van der Waals surface area contributed by atoms with E-state index in [-0.39, 0.29) is 23.2 Å². The second kappa shape index (κ2) is 6.04. The molecule has 0 radical (unpaired) electrons. The molecule has 1 aromatic carbocycles. The van der Waals surface area contributed by atoms with Gasteiger partial charge in [-0.25, -0.2) is 4.39 Å². The smallest absolute Gasteiger partial charge is 0.250 e. The van der Waals surface area contributed by atoms with Gasteiger partial charge in [0, 0.05) is 5.92 Å². The Labute approximate surface area is 129 Å². The number of hydrogen-bond acceptors (Lipinski definition) is 5. The summed E-state index contributed by atoms with van der Waals surface area (Å²) >= 11 is 0. The van der Waals surface area contributed by atoms with Crippen molar-refractivity contribution in [3.05, 3.63) is 29.4 Å². The van der Waals surface area contributed by atoms with E-state index in [2.05, 4.69) is 22.1 Å². The standard InChI is InChI=1S/C16H20FN3O2/c1-10-8-13(17)12(9-14(10)21-3)16-19-18-15(22-16)11-4-6-20(2)7-5-11/h8-9,11H,4-7H2,1-3H3. The van der Waals surface area contributed by atoms with Crippen LogP contribution in [0.1, 0.15) is 30.2 Å². The van der Waals surface area contributed by atoms with Crippen molar-refractivity contribution in [2.45, 2.75) is 25.7 Å². The number of piperidine rings is 1. The summed E-state index contributed by atoms with van der Waals surface area (Å²) in [6, 6.07) is 3.03. The molecule has 1 aliphatic heterocycles. The van der Waals surface area contributed by atoms with Crippen LogP contribution in [0.4, 0.5) is 4.39 Å². The van der Waals surface area contributed by atoms with Gasteiger partial charge in [0.1, 0.15) is 11.6 Å². The number of methoxy groups -OCH3 is 1. The molecular formula is C16H20FN3O2. The van der Waals surface area contributed by atoms with Crippen LogP contribution in [0.5, 0.6) is 5.75 Å². The van der Waals surface area contributed by atoms with Crippen molar-refractivity contribution in [2.24, 2.45) is 0 Å². The molecule has 6 heteroatoms. The Hall–Kier alpha value is -1.95. The molecule has 1 aliphatic rings. The largest absolute Gasteiger partial charge is 0.496 e. The minimum atomic E-state index is -0.378. The number of aryl methyl sites for hydroxylation is 1. The first kappa shape index (κ1) is 15.0. The fraction of sp³-hybridized carbons (Fsp3) is 0.500. The van der Waals surface area contributed by atoms with E-state index < -0.39 is 0 Å². The molecule has 0 atom stereocenters. The highest BCUT2D eigenvalue weighted by Crippen LogP contribution is 2.32. The van der Waals surface area contributed by atoms with E-state index in [9.17, 15) is 4.39 Å². The predicted octanol–water partition coefficient (Wildman–Crippen LogP) is 3.00. The Morgan fingerprint density at radius 1 is 1.27 bits per heavy atom. The maximum atomic E-state index is 14.2. The van der Waals surface area contributed by atoms with Gasteiger partial charge in [-0.2, -0.15) is 0 Å². The van der Waals surface area contributed by atoms with Crippen molar-refractivity contribution in [1.82, 2.24) is 15.1 Å². The van der Waals surface area contributed by atoms with E-state index in [0.717, 1.165) is 31.5 Å². The molecule has 0 unspecified atom stereocenters. The quantitative estimate of drug-likeness (QED) is 0.872. The Kier molecular flexibility index (Phi) is 4.11. The summed E-state index contributed by atoms with van der Waals surface area (Å²) in [5, 5.41) is 8.14. The van der Waals surface area contributed by atoms with Crippen LogP contribution in [0, 0.1) is 12.7 Å². The second-order valence-corrected chi connectivity index (χ2v) is 5.82. The van der Waals surface area contributed by atoms with Crippen LogP contribution in [-0.4, -0.2) is 42.3 Å². The molecule has 2 heterocycles. The third-order valence-corrected chi connectivity index (χ3v) is 4.22. The van der Waals surface area contributed by atoms with E-state index in [4.69, 9.17) is 9.15 Å². The Bertz CT molecular complexity index is 663. The third-order valence-electron chi connectivity index (χ3n) is 4.22. The molecule has 0 N–H and O–H groups in total. The molecule has 5 nitrogen and oxygen atoms in total. The van der Waals surface area contributed by atoms with Crippen molar-refractivity contribution < 1.29 is 13.5 Å². The first-order chi connectivity index (χ1) is 10.6. The average Bonchev–Trinajstić information content (AvgIpc) is 2.98. The van der Waals surface area contributed by atoms with Crippen molar-refractivity contribution in [3.63, 3.8) is 0 Å². The highest BCUT2D eigenvalue weighted by Gasteiger charge is 2.24. The molecule has 22 heavy (non-hydrogen) atoms. The minimum Gasteiger partial charge on any atom is -0.496 e. The van der Waals surface area contributed by atoms with Crippen molar-refractivity contribution in [1.29, 1.82) is 0 Å². The van der Waals surface area contributed by atoms with Gasteiger partial charge in [0.25, 0.3) is 5.89 Å². The first-order valence-corrected chi connectivity index (χ1v) is 7.45. The molecular weight excluding hydrogens is 285 g/mol. The molecule has 118 valence electrons. The summed E-state index contributed by atoms with van der Waals surface area (Å²) in [6.07, 6.45) is 1.97. The summed E-state index contributed by atoms with van der Waals surface area (Å²) in [4.78, 5) is 2.28. The molecule has 1 aromatic heterocycles. The molecule has 2 aromatic rings. The SMILES string of the molecule is COc1cc(-c2nnc(C3CCN(C)CC3)o2)c(F)cc1C. The summed E-state index contributed by atoms with van der Waals surface area (Å²) in [7, 11) is 3.66. The summed E-state index contributed by atoms with van der Waals surface area (Å²) in [5.41, 5.74) is 1.02. The monoisotopic (exact) mass is 305 g/mol. The lowest BCUT2D eigenvalue weighted by molar-refractivity contribution is 0.237. The Morgan fingerprint density at radius 2 is 2.00 bits per heavy atom. The van der Waals surface area contributed by atoms with Gasteiger partial charge in [0.05, 0.1) is 12.7 Å². The molecule has 0 amide bonds. The third kappa shape index (κ3) is 2.83. The number of rotatable bonds is 3. The van der Waals surface area contributed by atoms with E-state index in [1.807, 2.05) is 0 Å². The van der Waals surface area contributed by atoms with E-state index in [0.29, 0.717) is 11.6 Å². The van der Waals surface area contributed by atoms with Gasteiger partial charge in [0.15, 0.2) is 0 Å². The number of hydrogen-bond donors (Lipinski definition) is 0. The van der Waals surface area contributed by atoms with Crippen LogP contribution in [0.2, 0.25) is 0 Å². The van der Waals surface area contributed by atoms with Crippen LogP contribution in [0.3, 0.4) is 0 Å². The van der Waals surface area contributed by atoms with Crippen molar-refractivity contribution in [2.75, 3.05) is 27.2 Å². The number of benzene rings is 1. The summed E-state index contributed by atoms with van der Waals surface area (Å²) < 4.78 is 25.1. The predicted molar refractivity (Wildman–Crippen MR) is 80.5 cm³/mol. The number of aromatic nitrogens is 2. The average molecular weight is 305 g/mol. The van der Waals surface area contributed by atoms with Gasteiger partial charge in [-0.05, 0) is 57.6 Å². The number of ether oxygens (including phenoxy) is 1. The highest BCUT2D eigenvalue weighted by atomic mass is 19.1. The molecule has 1 saturated heterocycles. The molecule has 0 aliphatic carbocycles. The topological polar surface area (TPSA) is 51.4 Å². The van der Waals surface area contributed by atoms with E-state index >= 15 is 0 Å². The van der Waals surface area contributed by atoms with Gasteiger partial charge in [-0.3, -0.25) is 0 Å². The molecule has 0 saturated carbocycles. The maximum Gasteiger partial charge on any atom is 0.250 e. The summed E-state index contributed by atoms with van der Waals surface area (Å²) in [5.74, 6) is 1.30. The van der Waals surface area contributed by atoms with E-state index in [1.54, 1.807) is 20.1 Å². The summed E-state index contributed by atoms with van der Waals surface area (Å²) in [6.45, 7) is 3.81. The van der Waals surface area contributed by atoms with Gasteiger partial charge in [-0.15, -0.1) is 10.2 Å². The lowest BCUT2D eigenvalue weighted by Crippen LogP contribution is -2.29. The zero-order valence-electron chi connectivity index (χ0n) is 13.1. The van der Waals surface area contributed by atoms with Crippen LogP contribution in [0.25, 0.3) is 11.5 Å². The maximum absolute atomic E-state index is 14.2. The lowest BCUT2D eigenvalue weighted by atomic mass is 9.97. The molecule has 3 rings (SSSR count). The second-order valence-electron chi connectivity index (χ2n) is 5.82. The van der Waals surface area contributed by atoms with Crippen molar-refractivity contribution >= 4 is 0 Å². The molecule has 0 bridgehead atoms. The van der Waals surface area contributed by atoms with Crippen LogP contribution in [-0.2, 0) is 0 Å². The van der Waals surface area contributed by atoms with Crippen LogP contribution >= 0.6 is 0 Å². The minimum absolute atomic E-state index is 0.213. The van der Waals surface area contributed by atoms with Gasteiger partial charge in [0.2, 0.25) is 5.89 Å². The number of nitrogens with zero attached hydrogens (tertiary/aromatic N) is 3. The molecule has 0 spiro atoms. The lowest BCUT2D eigenvalue weighted by Gasteiger charge is -2.26. The fourth-order valence-electron chi connectivity index (χ4n) is 2.80. The van der Waals surface area contributed by atoms with Gasteiger partial charge >= 0.3 is 0 Å². The number of halogens is 1. The van der Waals surface area contributed by atoms with Crippen molar-refractivity contribution in [3.8, 4) is 17.2 Å². The Morgan fingerprint density at radius 3 is 2.68 bits per heavy atom. The van der Waals surface area contributed by atoms with Gasteiger partial charge in [-0.1, -0.05) is 0 Å². The zero-order valence-corrected chi connectivity index (χ0v) is 13.1. The normalized spacial score (nSPS) is 16.9. The first-order valence-electron chi connectivity index (χ1n) is 7.45. The fourth-order valence-corrected chi connectivity index (χ4v) is 2.80. The highest BCUT2D eigenvalue weighted by molar-refractivity contribution is 5.58. The number of likely N-dealkylation sites (tertiary alicyclic amines) is 1.